The van der Waals surface area contributed by atoms with Crippen molar-refractivity contribution >= 4 is 18.4 Å². The number of hydrogen-bond acceptors (Lipinski definition) is 1. The standard InChI is InChI=1S/C18H30SSi/c1-8-18(17-12-10-9-11-13-17)19-20(14(2)3,15(4)5)16(6)7/h8-16,18H,1H2,2-7H3/t18-/m1/s1. The molecule has 0 aliphatic heterocycles. The van der Waals surface area contributed by atoms with E-state index in [1.165, 1.54) is 5.56 Å². The molecule has 1 rings (SSSR count). The van der Waals surface area contributed by atoms with Crippen molar-refractivity contribution in [3.05, 3.63) is 48.6 Å². The van der Waals surface area contributed by atoms with E-state index in [2.05, 4.69) is 95.7 Å². The van der Waals surface area contributed by atoms with Gasteiger partial charge >= 0.3 is 0 Å². The molecule has 0 aromatic heterocycles. The molecule has 20 heavy (non-hydrogen) atoms. The summed E-state index contributed by atoms with van der Waals surface area (Å²) >= 11 is 2.24. The van der Waals surface area contributed by atoms with Crippen molar-refractivity contribution in [3.8, 4) is 0 Å². The minimum absolute atomic E-state index is 0.426. The normalized spacial score (nSPS) is 14.1. The molecule has 0 unspecified atom stereocenters. The Morgan fingerprint density at radius 2 is 1.35 bits per heavy atom. The van der Waals surface area contributed by atoms with Gasteiger partial charge in [-0.2, -0.15) is 11.2 Å². The highest BCUT2D eigenvalue weighted by molar-refractivity contribution is 8.29. The maximum atomic E-state index is 4.10. The maximum absolute atomic E-state index is 4.10. The van der Waals surface area contributed by atoms with Crippen molar-refractivity contribution in [2.45, 2.75) is 63.4 Å². The van der Waals surface area contributed by atoms with Gasteiger partial charge in [-0.3, -0.25) is 0 Å². The predicted molar refractivity (Wildman–Crippen MR) is 98.0 cm³/mol. The highest BCUT2D eigenvalue weighted by Crippen LogP contribution is 2.54. The van der Waals surface area contributed by atoms with Crippen molar-refractivity contribution in [2.75, 3.05) is 0 Å². The monoisotopic (exact) mass is 306 g/mol. The Hall–Kier alpha value is -0.473. The van der Waals surface area contributed by atoms with E-state index in [1.807, 2.05) is 0 Å². The molecule has 112 valence electrons. The Kier molecular flexibility index (Phi) is 6.60. The molecule has 0 N–H and O–H groups in total. The first kappa shape index (κ1) is 17.6. The Morgan fingerprint density at radius 3 is 1.70 bits per heavy atom. The first-order chi connectivity index (χ1) is 9.36. The smallest absolute Gasteiger partial charge is 0.126 e. The van der Waals surface area contributed by atoms with E-state index in [4.69, 9.17) is 0 Å². The molecular weight excluding hydrogens is 276 g/mol. The molecule has 0 heterocycles. The summed E-state index contributed by atoms with van der Waals surface area (Å²) in [7, 11) is -1.45. The van der Waals surface area contributed by atoms with Gasteiger partial charge in [0.2, 0.25) is 0 Å². The average molecular weight is 307 g/mol. The summed E-state index contributed by atoms with van der Waals surface area (Å²) in [4.78, 5) is 0. The number of rotatable bonds is 7. The van der Waals surface area contributed by atoms with Crippen LogP contribution < -0.4 is 0 Å². The predicted octanol–water partition coefficient (Wildman–Crippen LogP) is 6.82. The molecule has 2 heteroatoms. The fourth-order valence-corrected chi connectivity index (χ4v) is 13.6. The third-order valence-corrected chi connectivity index (χ3v) is 17.2. The van der Waals surface area contributed by atoms with Gasteiger partial charge in [0, 0.05) is 5.25 Å². The van der Waals surface area contributed by atoms with E-state index in [0.717, 1.165) is 16.6 Å². The molecule has 0 fully saturated rings. The lowest BCUT2D eigenvalue weighted by atomic mass is 10.1. The van der Waals surface area contributed by atoms with E-state index in [0.29, 0.717) is 5.25 Å². The third-order valence-electron chi connectivity index (χ3n) is 4.38. The summed E-state index contributed by atoms with van der Waals surface area (Å²) < 4.78 is 0. The molecule has 0 saturated carbocycles. The topological polar surface area (TPSA) is 0 Å². The fraction of sp³-hybridized carbons (Fsp3) is 0.556. The zero-order valence-electron chi connectivity index (χ0n) is 13.9. The Morgan fingerprint density at radius 1 is 0.900 bits per heavy atom. The first-order valence-electron chi connectivity index (χ1n) is 7.71. The van der Waals surface area contributed by atoms with Crippen molar-refractivity contribution in [1.82, 2.24) is 0 Å². The van der Waals surface area contributed by atoms with Crippen LogP contribution in [0.3, 0.4) is 0 Å². The van der Waals surface area contributed by atoms with Gasteiger partial charge in [0.25, 0.3) is 0 Å². The Labute approximate surface area is 130 Å². The summed E-state index contributed by atoms with van der Waals surface area (Å²) in [6, 6.07) is 10.8. The molecule has 0 radical (unpaired) electrons. The lowest BCUT2D eigenvalue weighted by Crippen LogP contribution is -2.41. The van der Waals surface area contributed by atoms with Crippen LogP contribution in [0, 0.1) is 0 Å². The van der Waals surface area contributed by atoms with Gasteiger partial charge in [0.1, 0.15) is 7.22 Å². The van der Waals surface area contributed by atoms with E-state index < -0.39 is 7.22 Å². The van der Waals surface area contributed by atoms with Crippen molar-refractivity contribution in [3.63, 3.8) is 0 Å². The lowest BCUT2D eigenvalue weighted by Gasteiger charge is -2.44. The van der Waals surface area contributed by atoms with Gasteiger partial charge in [-0.25, -0.2) is 0 Å². The second-order valence-corrected chi connectivity index (χ2v) is 15.2. The van der Waals surface area contributed by atoms with Gasteiger partial charge in [-0.15, -0.1) is 6.58 Å². The highest BCUT2D eigenvalue weighted by Gasteiger charge is 2.45. The minimum Gasteiger partial charge on any atom is -0.172 e. The van der Waals surface area contributed by atoms with Crippen LogP contribution >= 0.6 is 11.2 Å². The quantitative estimate of drug-likeness (QED) is 0.393. The van der Waals surface area contributed by atoms with E-state index in [1.54, 1.807) is 0 Å². The SMILES string of the molecule is C=C[C@@H](S[Si](C(C)C)(C(C)C)C(C)C)c1ccccc1. The van der Waals surface area contributed by atoms with Gasteiger partial charge < -0.3 is 0 Å². The molecule has 1 aromatic rings. The molecule has 0 aliphatic carbocycles. The van der Waals surface area contributed by atoms with Crippen LogP contribution in [0.1, 0.15) is 52.4 Å². The largest absolute Gasteiger partial charge is 0.172 e. The molecule has 1 atom stereocenters. The maximum Gasteiger partial charge on any atom is 0.126 e. The van der Waals surface area contributed by atoms with Gasteiger partial charge in [0.05, 0.1) is 0 Å². The summed E-state index contributed by atoms with van der Waals surface area (Å²) in [5.41, 5.74) is 3.72. The van der Waals surface area contributed by atoms with Crippen LogP contribution in [0.4, 0.5) is 0 Å². The molecule has 0 nitrogen and oxygen atoms in total. The molecule has 1 aromatic carbocycles. The third kappa shape index (κ3) is 3.59. The summed E-state index contributed by atoms with van der Waals surface area (Å²) in [5.74, 6) is 0. The average Bonchev–Trinajstić information content (AvgIpc) is 2.39. The van der Waals surface area contributed by atoms with Gasteiger partial charge in [-0.1, -0.05) is 78.0 Å². The van der Waals surface area contributed by atoms with Crippen LogP contribution in [0.25, 0.3) is 0 Å². The Bertz CT molecular complexity index is 387. The molecule has 0 spiro atoms. The van der Waals surface area contributed by atoms with Crippen molar-refractivity contribution in [1.29, 1.82) is 0 Å². The zero-order valence-corrected chi connectivity index (χ0v) is 15.7. The van der Waals surface area contributed by atoms with Gasteiger partial charge in [-0.05, 0) is 22.2 Å². The summed E-state index contributed by atoms with van der Waals surface area (Å²) in [5, 5.41) is 0.426. The molecule has 0 amide bonds. The second kappa shape index (κ2) is 7.51. The van der Waals surface area contributed by atoms with Crippen LogP contribution in [-0.2, 0) is 0 Å². The zero-order chi connectivity index (χ0) is 15.3. The van der Waals surface area contributed by atoms with Gasteiger partial charge in [0.15, 0.2) is 0 Å². The second-order valence-electron chi connectivity index (χ2n) is 6.50. The van der Waals surface area contributed by atoms with Crippen LogP contribution in [0.5, 0.6) is 0 Å². The number of benzene rings is 1. The molecular formula is C18H30SSi. The van der Waals surface area contributed by atoms with E-state index >= 15 is 0 Å². The molecule has 0 saturated heterocycles. The fourth-order valence-electron chi connectivity index (χ4n) is 3.52. The van der Waals surface area contributed by atoms with Crippen LogP contribution in [0.15, 0.2) is 43.0 Å². The summed E-state index contributed by atoms with van der Waals surface area (Å²) in [6.07, 6.45) is 2.13. The molecule has 0 bridgehead atoms. The first-order valence-corrected chi connectivity index (χ1v) is 11.5. The highest BCUT2D eigenvalue weighted by atomic mass is 32.4. The molecule has 0 aliphatic rings. The minimum atomic E-state index is -1.45. The summed E-state index contributed by atoms with van der Waals surface area (Å²) in [6.45, 7) is 18.6. The van der Waals surface area contributed by atoms with E-state index in [-0.39, 0.29) is 0 Å². The Balaban J connectivity index is 3.14. The number of hydrogen-bond donors (Lipinski definition) is 0. The van der Waals surface area contributed by atoms with Crippen molar-refractivity contribution < 1.29 is 0 Å². The van der Waals surface area contributed by atoms with E-state index in [9.17, 15) is 0 Å². The van der Waals surface area contributed by atoms with Crippen molar-refractivity contribution in [2.24, 2.45) is 0 Å². The lowest BCUT2D eigenvalue weighted by molar-refractivity contribution is 0.850. The van der Waals surface area contributed by atoms with Crippen LogP contribution in [0.2, 0.25) is 16.6 Å². The van der Waals surface area contributed by atoms with Crippen LogP contribution in [-0.4, -0.2) is 7.22 Å².